The number of hydrogen-bond acceptors (Lipinski definition) is 3. The molecule has 3 nitrogen and oxygen atoms in total. The molecule has 1 fully saturated rings. The lowest BCUT2D eigenvalue weighted by atomic mass is 9.79. The second-order valence-corrected chi connectivity index (χ2v) is 5.00. The van der Waals surface area contributed by atoms with Gasteiger partial charge in [-0.1, -0.05) is 18.9 Å². The molecule has 1 aromatic carbocycles. The molecule has 1 aliphatic heterocycles. The average Bonchev–Trinajstić information content (AvgIpc) is 2.88. The Hall–Kier alpha value is -1.22. The molecule has 0 saturated heterocycles. The molecule has 17 heavy (non-hydrogen) atoms. The van der Waals surface area contributed by atoms with Gasteiger partial charge in [0.25, 0.3) is 0 Å². The molecule has 2 aliphatic rings. The first-order valence-electron chi connectivity index (χ1n) is 6.35. The van der Waals surface area contributed by atoms with Gasteiger partial charge in [0.1, 0.15) is 13.2 Å². The molecule has 1 N–H and O–H groups in total. The van der Waals surface area contributed by atoms with Crippen molar-refractivity contribution in [1.82, 2.24) is 0 Å². The third-order valence-corrected chi connectivity index (χ3v) is 4.02. The minimum atomic E-state index is -0.0458. The maximum atomic E-state index is 9.70. The van der Waals surface area contributed by atoms with Gasteiger partial charge in [-0.05, 0) is 30.5 Å². The van der Waals surface area contributed by atoms with Gasteiger partial charge in [0.2, 0.25) is 0 Å². The maximum Gasteiger partial charge on any atom is 0.161 e. The first-order chi connectivity index (χ1) is 8.34. The fourth-order valence-corrected chi connectivity index (χ4v) is 2.96. The Bertz CT molecular complexity index is 408. The van der Waals surface area contributed by atoms with Crippen LogP contribution in [0.4, 0.5) is 0 Å². The summed E-state index contributed by atoms with van der Waals surface area (Å²) in [6.45, 7) is 1.46. The van der Waals surface area contributed by atoms with Crippen LogP contribution in [0.5, 0.6) is 11.5 Å². The molecule has 92 valence electrons. The first-order valence-corrected chi connectivity index (χ1v) is 6.35. The second kappa shape index (κ2) is 4.22. The van der Waals surface area contributed by atoms with Crippen molar-refractivity contribution < 1.29 is 14.6 Å². The molecule has 0 radical (unpaired) electrons. The van der Waals surface area contributed by atoms with E-state index in [4.69, 9.17) is 9.47 Å². The van der Waals surface area contributed by atoms with E-state index in [9.17, 15) is 5.11 Å². The van der Waals surface area contributed by atoms with Gasteiger partial charge < -0.3 is 14.6 Å². The lowest BCUT2D eigenvalue weighted by Gasteiger charge is -2.28. The van der Waals surface area contributed by atoms with Crippen molar-refractivity contribution in [1.29, 1.82) is 0 Å². The van der Waals surface area contributed by atoms with Gasteiger partial charge in [0.15, 0.2) is 11.5 Å². The molecule has 1 aliphatic carbocycles. The van der Waals surface area contributed by atoms with Crippen LogP contribution in [0.25, 0.3) is 0 Å². The van der Waals surface area contributed by atoms with E-state index < -0.39 is 0 Å². The van der Waals surface area contributed by atoms with Crippen molar-refractivity contribution in [3.63, 3.8) is 0 Å². The molecule has 1 saturated carbocycles. The summed E-state index contributed by atoms with van der Waals surface area (Å²) in [6, 6.07) is 6.10. The average molecular weight is 234 g/mol. The number of benzene rings is 1. The Morgan fingerprint density at radius 1 is 1.06 bits per heavy atom. The third kappa shape index (κ3) is 1.78. The smallest absolute Gasteiger partial charge is 0.161 e. The highest BCUT2D eigenvalue weighted by atomic mass is 16.6. The standard InChI is InChI=1S/C14H18O3/c15-10-14(5-1-2-6-14)11-3-4-12-13(9-11)17-8-7-16-12/h3-4,9,15H,1-2,5-8,10H2. The highest BCUT2D eigenvalue weighted by Gasteiger charge is 2.35. The van der Waals surface area contributed by atoms with Crippen LogP contribution >= 0.6 is 0 Å². The highest BCUT2D eigenvalue weighted by molar-refractivity contribution is 5.46. The summed E-state index contributed by atoms with van der Waals surface area (Å²) in [7, 11) is 0. The monoisotopic (exact) mass is 234 g/mol. The molecule has 0 spiro atoms. The summed E-state index contributed by atoms with van der Waals surface area (Å²) in [5.74, 6) is 1.65. The highest BCUT2D eigenvalue weighted by Crippen LogP contribution is 2.43. The quantitative estimate of drug-likeness (QED) is 0.853. The minimum Gasteiger partial charge on any atom is -0.486 e. The molecular weight excluding hydrogens is 216 g/mol. The van der Waals surface area contributed by atoms with E-state index in [0.717, 1.165) is 24.3 Å². The topological polar surface area (TPSA) is 38.7 Å². The molecule has 3 rings (SSSR count). The zero-order chi connectivity index (χ0) is 11.7. The summed E-state index contributed by atoms with van der Waals surface area (Å²) in [6.07, 6.45) is 4.55. The van der Waals surface area contributed by atoms with E-state index in [-0.39, 0.29) is 12.0 Å². The summed E-state index contributed by atoms with van der Waals surface area (Å²) < 4.78 is 11.1. The van der Waals surface area contributed by atoms with Crippen LogP contribution < -0.4 is 9.47 Å². The number of hydrogen-bond donors (Lipinski definition) is 1. The Balaban J connectivity index is 1.97. The van der Waals surface area contributed by atoms with Crippen molar-refractivity contribution in [3.05, 3.63) is 23.8 Å². The zero-order valence-corrected chi connectivity index (χ0v) is 9.95. The number of rotatable bonds is 2. The fourth-order valence-electron chi connectivity index (χ4n) is 2.96. The summed E-state index contributed by atoms with van der Waals surface area (Å²) in [5.41, 5.74) is 1.15. The molecule has 1 aromatic rings. The SMILES string of the molecule is OCC1(c2ccc3c(c2)OCCO3)CCCC1. The van der Waals surface area contributed by atoms with Crippen LogP contribution in [-0.4, -0.2) is 24.9 Å². The van der Waals surface area contributed by atoms with Gasteiger partial charge in [-0.2, -0.15) is 0 Å². The van der Waals surface area contributed by atoms with Crippen molar-refractivity contribution in [2.75, 3.05) is 19.8 Å². The third-order valence-electron chi connectivity index (χ3n) is 4.02. The van der Waals surface area contributed by atoms with Gasteiger partial charge in [0, 0.05) is 5.41 Å². The first kappa shape index (κ1) is 10.9. The maximum absolute atomic E-state index is 9.70. The molecule has 0 atom stereocenters. The molecule has 0 unspecified atom stereocenters. The molecule has 1 heterocycles. The predicted molar refractivity (Wildman–Crippen MR) is 64.7 cm³/mol. The Labute approximate surface area is 101 Å². The van der Waals surface area contributed by atoms with E-state index in [1.165, 1.54) is 18.4 Å². The molecule has 0 amide bonds. The minimum absolute atomic E-state index is 0.0458. The van der Waals surface area contributed by atoms with E-state index in [1.807, 2.05) is 6.07 Å². The predicted octanol–water partition coefficient (Wildman–Crippen LogP) is 2.26. The number of fused-ring (bicyclic) bond motifs is 1. The van der Waals surface area contributed by atoms with Crippen LogP contribution in [0.3, 0.4) is 0 Å². The van der Waals surface area contributed by atoms with E-state index in [1.54, 1.807) is 0 Å². The number of ether oxygens (including phenoxy) is 2. The van der Waals surface area contributed by atoms with E-state index in [0.29, 0.717) is 13.2 Å². The van der Waals surface area contributed by atoms with Gasteiger partial charge in [0.05, 0.1) is 6.61 Å². The second-order valence-electron chi connectivity index (χ2n) is 5.00. The molecule has 0 bridgehead atoms. The van der Waals surface area contributed by atoms with Gasteiger partial charge in [-0.15, -0.1) is 0 Å². The van der Waals surface area contributed by atoms with Crippen LogP contribution in [0.2, 0.25) is 0 Å². The fraction of sp³-hybridized carbons (Fsp3) is 0.571. The van der Waals surface area contributed by atoms with Crippen LogP contribution in [0, 0.1) is 0 Å². The Morgan fingerprint density at radius 3 is 2.47 bits per heavy atom. The van der Waals surface area contributed by atoms with Crippen LogP contribution in [0.1, 0.15) is 31.2 Å². The van der Waals surface area contributed by atoms with Crippen molar-refractivity contribution in [2.24, 2.45) is 0 Å². The van der Waals surface area contributed by atoms with Crippen molar-refractivity contribution in [2.45, 2.75) is 31.1 Å². The lowest BCUT2D eigenvalue weighted by molar-refractivity contribution is 0.169. The normalized spacial score (nSPS) is 21.5. The van der Waals surface area contributed by atoms with Gasteiger partial charge in [-0.25, -0.2) is 0 Å². The van der Waals surface area contributed by atoms with Crippen LogP contribution in [-0.2, 0) is 5.41 Å². The largest absolute Gasteiger partial charge is 0.486 e. The van der Waals surface area contributed by atoms with Crippen LogP contribution in [0.15, 0.2) is 18.2 Å². The van der Waals surface area contributed by atoms with Crippen molar-refractivity contribution >= 4 is 0 Å². The summed E-state index contributed by atoms with van der Waals surface area (Å²) in [4.78, 5) is 0. The number of aliphatic hydroxyl groups is 1. The van der Waals surface area contributed by atoms with E-state index in [2.05, 4.69) is 12.1 Å². The van der Waals surface area contributed by atoms with E-state index >= 15 is 0 Å². The lowest BCUT2D eigenvalue weighted by Crippen LogP contribution is -2.27. The molecule has 0 aromatic heterocycles. The number of aliphatic hydroxyl groups excluding tert-OH is 1. The Morgan fingerprint density at radius 2 is 1.76 bits per heavy atom. The summed E-state index contributed by atoms with van der Waals surface area (Å²) >= 11 is 0. The molecular formula is C14H18O3. The van der Waals surface area contributed by atoms with Crippen molar-refractivity contribution in [3.8, 4) is 11.5 Å². The summed E-state index contributed by atoms with van der Waals surface area (Å²) in [5, 5.41) is 9.70. The zero-order valence-electron chi connectivity index (χ0n) is 9.95. The van der Waals surface area contributed by atoms with Gasteiger partial charge >= 0.3 is 0 Å². The Kier molecular flexibility index (Phi) is 2.71. The van der Waals surface area contributed by atoms with Gasteiger partial charge in [-0.3, -0.25) is 0 Å². The molecule has 3 heteroatoms.